The van der Waals surface area contributed by atoms with E-state index in [-0.39, 0.29) is 23.3 Å². The maximum atomic E-state index is 12.3. The zero-order chi connectivity index (χ0) is 14.6. The highest BCUT2D eigenvalue weighted by Crippen LogP contribution is 2.29. The third kappa shape index (κ3) is 3.21. The molecule has 0 radical (unpaired) electrons. The summed E-state index contributed by atoms with van der Waals surface area (Å²) in [7, 11) is 1.68. The van der Waals surface area contributed by atoms with E-state index in [0.29, 0.717) is 12.1 Å². The van der Waals surface area contributed by atoms with Crippen LogP contribution in [-0.4, -0.2) is 35.4 Å². The molecular weight excluding hydrogens is 246 g/mol. The fourth-order valence-corrected chi connectivity index (χ4v) is 1.66. The first kappa shape index (κ1) is 14.9. The number of amides is 1. The highest BCUT2D eigenvalue weighted by atomic mass is 16.6. The summed E-state index contributed by atoms with van der Waals surface area (Å²) in [5.41, 5.74) is 0.532. The first-order valence-corrected chi connectivity index (χ1v) is 6.18. The summed E-state index contributed by atoms with van der Waals surface area (Å²) >= 11 is 0. The van der Waals surface area contributed by atoms with Gasteiger partial charge in [0.2, 0.25) is 0 Å². The number of hydrogen-bond acceptors (Lipinski definition) is 4. The monoisotopic (exact) mass is 265 g/mol. The van der Waals surface area contributed by atoms with E-state index >= 15 is 0 Å². The largest absolute Gasteiger partial charge is 0.379 e. The van der Waals surface area contributed by atoms with Crippen molar-refractivity contribution < 1.29 is 9.72 Å². The van der Waals surface area contributed by atoms with Crippen LogP contribution in [0, 0.1) is 10.1 Å². The van der Waals surface area contributed by atoms with Gasteiger partial charge in [-0.3, -0.25) is 14.9 Å². The topological polar surface area (TPSA) is 75.5 Å². The Hall–Kier alpha value is -2.11. The number of nitro groups is 1. The quantitative estimate of drug-likeness (QED) is 0.655. The Labute approximate surface area is 112 Å². The highest BCUT2D eigenvalue weighted by molar-refractivity contribution is 6.01. The third-order valence-corrected chi connectivity index (χ3v) is 2.92. The standard InChI is InChI=1S/C13H19N3O3/c1-5-14-12-10(13(17)15(4)9(2)3)7-6-8-11(12)16(18)19/h6-9,14H,5H2,1-4H3. The van der Waals surface area contributed by atoms with Gasteiger partial charge in [-0.25, -0.2) is 0 Å². The van der Waals surface area contributed by atoms with Gasteiger partial charge < -0.3 is 10.2 Å². The van der Waals surface area contributed by atoms with Crippen LogP contribution in [0.15, 0.2) is 18.2 Å². The van der Waals surface area contributed by atoms with Crippen LogP contribution in [-0.2, 0) is 0 Å². The van der Waals surface area contributed by atoms with Gasteiger partial charge in [-0.05, 0) is 26.8 Å². The zero-order valence-corrected chi connectivity index (χ0v) is 11.6. The molecule has 104 valence electrons. The molecule has 0 bridgehead atoms. The molecule has 1 amide bonds. The van der Waals surface area contributed by atoms with Crippen LogP contribution in [0.1, 0.15) is 31.1 Å². The lowest BCUT2D eigenvalue weighted by atomic mass is 10.1. The van der Waals surface area contributed by atoms with E-state index in [0.717, 1.165) is 0 Å². The van der Waals surface area contributed by atoms with Gasteiger partial charge in [-0.1, -0.05) is 6.07 Å². The Morgan fingerprint density at radius 2 is 2.11 bits per heavy atom. The van der Waals surface area contributed by atoms with E-state index in [9.17, 15) is 14.9 Å². The number of benzene rings is 1. The van der Waals surface area contributed by atoms with Crippen LogP contribution in [0.3, 0.4) is 0 Å². The molecule has 0 spiro atoms. The van der Waals surface area contributed by atoms with Gasteiger partial charge in [-0.15, -0.1) is 0 Å². The lowest BCUT2D eigenvalue weighted by Gasteiger charge is -2.22. The fourth-order valence-electron chi connectivity index (χ4n) is 1.66. The molecule has 0 heterocycles. The average Bonchev–Trinajstić information content (AvgIpc) is 2.37. The lowest BCUT2D eigenvalue weighted by Crippen LogP contribution is -2.33. The number of nitrogens with zero attached hydrogens (tertiary/aromatic N) is 2. The predicted molar refractivity (Wildman–Crippen MR) is 74.5 cm³/mol. The number of rotatable bonds is 5. The Bertz CT molecular complexity index is 486. The van der Waals surface area contributed by atoms with E-state index in [4.69, 9.17) is 0 Å². The van der Waals surface area contributed by atoms with Crippen LogP contribution >= 0.6 is 0 Å². The van der Waals surface area contributed by atoms with Crippen LogP contribution < -0.4 is 5.32 Å². The summed E-state index contributed by atoms with van der Waals surface area (Å²) in [4.78, 5) is 24.4. The first-order chi connectivity index (χ1) is 8.90. The lowest BCUT2D eigenvalue weighted by molar-refractivity contribution is -0.384. The molecule has 1 N–H and O–H groups in total. The molecule has 1 aromatic carbocycles. The summed E-state index contributed by atoms with van der Waals surface area (Å²) < 4.78 is 0. The molecular formula is C13H19N3O3. The van der Waals surface area contributed by atoms with Gasteiger partial charge >= 0.3 is 0 Å². The van der Waals surface area contributed by atoms with Crippen molar-refractivity contribution in [3.63, 3.8) is 0 Å². The number of para-hydroxylation sites is 1. The molecule has 1 aromatic rings. The number of carbonyl (C=O) groups is 1. The summed E-state index contributed by atoms with van der Waals surface area (Å²) in [6.07, 6.45) is 0. The summed E-state index contributed by atoms with van der Waals surface area (Å²) in [6.45, 7) is 6.12. The zero-order valence-electron chi connectivity index (χ0n) is 11.6. The smallest absolute Gasteiger partial charge is 0.293 e. The maximum Gasteiger partial charge on any atom is 0.293 e. The minimum absolute atomic E-state index is 0.0289. The summed E-state index contributed by atoms with van der Waals surface area (Å²) in [6, 6.07) is 4.55. The molecule has 0 aromatic heterocycles. The SMILES string of the molecule is CCNc1c(C(=O)N(C)C(C)C)cccc1[N+](=O)[O-]. The Kier molecular flexibility index (Phi) is 4.86. The maximum absolute atomic E-state index is 12.3. The molecule has 0 aliphatic rings. The van der Waals surface area contributed by atoms with Gasteiger partial charge in [0.25, 0.3) is 11.6 Å². The molecule has 0 aliphatic heterocycles. The van der Waals surface area contributed by atoms with Gasteiger partial charge in [0.05, 0.1) is 10.5 Å². The van der Waals surface area contributed by atoms with Crippen LogP contribution in [0.5, 0.6) is 0 Å². The summed E-state index contributed by atoms with van der Waals surface area (Å²) in [5, 5.41) is 13.9. The van der Waals surface area contributed by atoms with Gasteiger partial charge in [-0.2, -0.15) is 0 Å². The molecule has 0 aliphatic carbocycles. The van der Waals surface area contributed by atoms with E-state index in [2.05, 4.69) is 5.32 Å². The highest BCUT2D eigenvalue weighted by Gasteiger charge is 2.23. The van der Waals surface area contributed by atoms with Crippen LogP contribution in [0.4, 0.5) is 11.4 Å². The average molecular weight is 265 g/mol. The molecule has 6 heteroatoms. The van der Waals surface area contributed by atoms with Gasteiger partial charge in [0.1, 0.15) is 5.69 Å². The summed E-state index contributed by atoms with van der Waals surface area (Å²) in [5.74, 6) is -0.227. The Morgan fingerprint density at radius 3 is 2.58 bits per heavy atom. The van der Waals surface area contributed by atoms with Crippen molar-refractivity contribution in [2.45, 2.75) is 26.8 Å². The molecule has 1 rings (SSSR count). The normalized spacial score (nSPS) is 10.4. The molecule has 19 heavy (non-hydrogen) atoms. The van der Waals surface area contributed by atoms with E-state index in [1.54, 1.807) is 18.0 Å². The van der Waals surface area contributed by atoms with E-state index in [1.165, 1.54) is 12.1 Å². The second-order valence-electron chi connectivity index (χ2n) is 4.50. The van der Waals surface area contributed by atoms with Crippen molar-refractivity contribution in [2.24, 2.45) is 0 Å². The van der Waals surface area contributed by atoms with Crippen LogP contribution in [0.25, 0.3) is 0 Å². The van der Waals surface area contributed by atoms with Crippen molar-refractivity contribution in [3.8, 4) is 0 Å². The number of anilines is 1. The minimum Gasteiger partial charge on any atom is -0.379 e. The van der Waals surface area contributed by atoms with E-state index in [1.807, 2.05) is 20.8 Å². The number of hydrogen-bond donors (Lipinski definition) is 1. The second kappa shape index (κ2) is 6.17. The second-order valence-corrected chi connectivity index (χ2v) is 4.50. The van der Waals surface area contributed by atoms with Crippen molar-refractivity contribution in [1.82, 2.24) is 4.90 Å². The minimum atomic E-state index is -0.482. The molecule has 0 saturated heterocycles. The molecule has 0 unspecified atom stereocenters. The number of carbonyl (C=O) groups excluding carboxylic acids is 1. The van der Waals surface area contributed by atoms with E-state index < -0.39 is 4.92 Å². The molecule has 0 saturated carbocycles. The van der Waals surface area contributed by atoms with Gasteiger partial charge in [0.15, 0.2) is 0 Å². The predicted octanol–water partition coefficient (Wildman–Crippen LogP) is 2.51. The molecule has 0 fully saturated rings. The van der Waals surface area contributed by atoms with Crippen molar-refractivity contribution >= 4 is 17.3 Å². The Balaban J connectivity index is 3.30. The third-order valence-electron chi connectivity index (χ3n) is 2.92. The molecule has 6 nitrogen and oxygen atoms in total. The Morgan fingerprint density at radius 1 is 1.47 bits per heavy atom. The fraction of sp³-hybridized carbons (Fsp3) is 0.462. The first-order valence-electron chi connectivity index (χ1n) is 6.18. The number of nitro benzene ring substituents is 1. The molecule has 0 atom stereocenters. The van der Waals surface area contributed by atoms with Crippen molar-refractivity contribution in [1.29, 1.82) is 0 Å². The number of nitrogens with one attached hydrogen (secondary N) is 1. The van der Waals surface area contributed by atoms with Crippen molar-refractivity contribution in [3.05, 3.63) is 33.9 Å². The van der Waals surface area contributed by atoms with Crippen LogP contribution in [0.2, 0.25) is 0 Å². The van der Waals surface area contributed by atoms with Gasteiger partial charge in [0, 0.05) is 25.7 Å². The van der Waals surface area contributed by atoms with Crippen molar-refractivity contribution in [2.75, 3.05) is 18.9 Å².